The molecule has 1 aromatic heterocycles. The first-order chi connectivity index (χ1) is 18.2. The van der Waals surface area contributed by atoms with Crippen LogP contribution in [0.2, 0.25) is 0 Å². The number of hydrogen-bond donors (Lipinski definition) is 0. The predicted molar refractivity (Wildman–Crippen MR) is 149 cm³/mol. The van der Waals surface area contributed by atoms with E-state index >= 15 is 0 Å². The molecule has 0 unspecified atom stereocenters. The third kappa shape index (κ3) is 5.27. The quantitative estimate of drug-likeness (QED) is 0.268. The van der Waals surface area contributed by atoms with E-state index in [4.69, 9.17) is 16.0 Å². The van der Waals surface area contributed by atoms with E-state index in [-0.39, 0.29) is 5.70 Å². The van der Waals surface area contributed by atoms with Crippen molar-refractivity contribution in [2.45, 2.75) is 6.92 Å². The largest absolute Gasteiger partial charge is 0.462 e. The molecule has 0 N–H and O–H groups in total. The van der Waals surface area contributed by atoms with E-state index in [2.05, 4.69) is 64.4 Å². The Bertz CT molecular complexity index is 1480. The number of allylic oxidation sites excluding steroid dienone is 6. The molecular weight excluding hydrogens is 478 g/mol. The molecule has 1 saturated heterocycles. The molecule has 3 aromatic rings. The van der Waals surface area contributed by atoms with Crippen LogP contribution in [0, 0.1) is 17.9 Å². The van der Waals surface area contributed by atoms with E-state index in [1.54, 1.807) is 23.5 Å². The van der Waals surface area contributed by atoms with Gasteiger partial charge in [0.1, 0.15) is 16.5 Å². The van der Waals surface area contributed by atoms with Gasteiger partial charge in [0, 0.05) is 29.1 Å². The van der Waals surface area contributed by atoms with Crippen LogP contribution < -0.4 is 4.90 Å². The molecule has 182 valence electrons. The van der Waals surface area contributed by atoms with E-state index in [1.807, 2.05) is 31.2 Å². The maximum atomic E-state index is 9.34. The zero-order chi connectivity index (χ0) is 25.6. The lowest BCUT2D eigenvalue weighted by Crippen LogP contribution is -2.35. The lowest BCUT2D eigenvalue weighted by Gasteiger charge is -2.29. The molecule has 5 rings (SSSR count). The van der Waals surface area contributed by atoms with E-state index in [9.17, 15) is 5.26 Å². The van der Waals surface area contributed by atoms with E-state index in [1.165, 1.54) is 21.7 Å². The number of rotatable bonds is 5. The van der Waals surface area contributed by atoms with Crippen LogP contribution in [0.4, 0.5) is 5.00 Å². The third-order valence-electron chi connectivity index (χ3n) is 6.17. The SMILES string of the molecule is [C-]#[N+]/C(C#N)=C1/C=C(C)OC(/C=C/c2sc(N3CCOCC3)c(-c3ccccc3)c2-c2ccccc2)=C1. The van der Waals surface area contributed by atoms with Gasteiger partial charge in [-0.2, -0.15) is 0 Å². The topological polar surface area (TPSA) is 49.8 Å². The average Bonchev–Trinajstić information content (AvgIpc) is 3.33. The summed E-state index contributed by atoms with van der Waals surface area (Å²) in [6.07, 6.45) is 7.47. The van der Waals surface area contributed by atoms with Crippen LogP contribution >= 0.6 is 11.3 Å². The van der Waals surface area contributed by atoms with Crippen molar-refractivity contribution >= 4 is 22.4 Å². The molecule has 0 bridgehead atoms. The fourth-order valence-electron chi connectivity index (χ4n) is 4.50. The average molecular weight is 504 g/mol. The molecule has 0 atom stereocenters. The Morgan fingerprint density at radius 2 is 1.62 bits per heavy atom. The van der Waals surface area contributed by atoms with Crippen molar-refractivity contribution in [3.8, 4) is 28.3 Å². The molecule has 3 heterocycles. The Hall–Kier alpha value is -4.36. The summed E-state index contributed by atoms with van der Waals surface area (Å²) in [5.41, 5.74) is 5.32. The lowest BCUT2D eigenvalue weighted by molar-refractivity contribution is 0.123. The van der Waals surface area contributed by atoms with E-state index in [0.29, 0.717) is 30.3 Å². The summed E-state index contributed by atoms with van der Waals surface area (Å²) in [6, 6.07) is 23.0. The van der Waals surface area contributed by atoms with Gasteiger partial charge in [-0.1, -0.05) is 60.7 Å². The lowest BCUT2D eigenvalue weighted by atomic mass is 9.95. The molecule has 0 spiro atoms. The molecule has 2 aliphatic heterocycles. The van der Waals surface area contributed by atoms with Crippen LogP contribution in [0.25, 0.3) is 33.2 Å². The van der Waals surface area contributed by atoms with Gasteiger partial charge in [0.05, 0.1) is 25.9 Å². The first-order valence-corrected chi connectivity index (χ1v) is 12.9. The molecule has 2 aromatic carbocycles. The Kier molecular flexibility index (Phi) is 7.33. The Morgan fingerprint density at radius 3 is 2.24 bits per heavy atom. The molecule has 37 heavy (non-hydrogen) atoms. The molecule has 0 radical (unpaired) electrons. The zero-order valence-corrected chi connectivity index (χ0v) is 21.3. The van der Waals surface area contributed by atoms with Gasteiger partial charge < -0.3 is 14.4 Å². The van der Waals surface area contributed by atoms with Gasteiger partial charge in [-0.15, -0.1) is 11.3 Å². The van der Waals surface area contributed by atoms with Gasteiger partial charge in [0.2, 0.25) is 0 Å². The highest BCUT2D eigenvalue weighted by Gasteiger charge is 2.25. The first-order valence-electron chi connectivity index (χ1n) is 12.1. The second-order valence-electron chi connectivity index (χ2n) is 8.62. The van der Waals surface area contributed by atoms with Crippen LogP contribution in [0.15, 0.2) is 102 Å². The maximum Gasteiger partial charge on any atom is 0.269 e. The molecule has 0 amide bonds. The zero-order valence-electron chi connectivity index (χ0n) is 20.5. The highest BCUT2D eigenvalue weighted by atomic mass is 32.1. The molecular formula is C31H25N3O2S. The number of morpholine rings is 1. The van der Waals surface area contributed by atoms with E-state index in [0.717, 1.165) is 23.5 Å². The summed E-state index contributed by atoms with van der Waals surface area (Å²) in [6.45, 7) is 12.2. The highest BCUT2D eigenvalue weighted by molar-refractivity contribution is 7.18. The predicted octanol–water partition coefficient (Wildman–Crippen LogP) is 7.45. The second-order valence-corrected chi connectivity index (χ2v) is 9.65. The van der Waals surface area contributed by atoms with Crippen LogP contribution in [-0.4, -0.2) is 26.3 Å². The van der Waals surface area contributed by atoms with Crippen molar-refractivity contribution in [2.75, 3.05) is 31.2 Å². The molecule has 1 fully saturated rings. The maximum absolute atomic E-state index is 9.34. The number of thiophene rings is 1. The molecule has 0 saturated carbocycles. The summed E-state index contributed by atoms with van der Waals surface area (Å²) in [5.74, 6) is 1.23. The normalized spacial score (nSPS) is 16.9. The Balaban J connectivity index is 1.67. The van der Waals surface area contributed by atoms with Crippen molar-refractivity contribution in [2.24, 2.45) is 0 Å². The van der Waals surface area contributed by atoms with Crippen LogP contribution in [0.5, 0.6) is 0 Å². The molecule has 6 heteroatoms. The Labute approximate surface area is 221 Å². The number of hydrogen-bond acceptors (Lipinski definition) is 5. The highest BCUT2D eigenvalue weighted by Crippen LogP contribution is 2.49. The smallest absolute Gasteiger partial charge is 0.269 e. The van der Waals surface area contributed by atoms with Gasteiger partial charge in [-0.05, 0) is 47.9 Å². The minimum absolute atomic E-state index is 0.0515. The summed E-state index contributed by atoms with van der Waals surface area (Å²) in [5, 5.41) is 10.6. The third-order valence-corrected chi connectivity index (χ3v) is 7.38. The van der Waals surface area contributed by atoms with Crippen molar-refractivity contribution in [1.82, 2.24) is 0 Å². The summed E-state index contributed by atoms with van der Waals surface area (Å²) in [4.78, 5) is 6.88. The van der Waals surface area contributed by atoms with Crippen molar-refractivity contribution < 1.29 is 9.47 Å². The molecule has 0 aliphatic carbocycles. The second kappa shape index (κ2) is 11.1. The van der Waals surface area contributed by atoms with Gasteiger partial charge in [-0.25, -0.2) is 10.1 Å². The van der Waals surface area contributed by atoms with Crippen LogP contribution in [0.1, 0.15) is 11.8 Å². The number of anilines is 1. The number of nitriles is 1. The van der Waals surface area contributed by atoms with Gasteiger partial charge in [-0.3, -0.25) is 0 Å². The molecule has 5 nitrogen and oxygen atoms in total. The summed E-state index contributed by atoms with van der Waals surface area (Å²) < 4.78 is 11.6. The van der Waals surface area contributed by atoms with Crippen LogP contribution in [-0.2, 0) is 9.47 Å². The fraction of sp³-hybridized carbons (Fsp3) is 0.161. The fourth-order valence-corrected chi connectivity index (χ4v) is 5.80. The summed E-state index contributed by atoms with van der Waals surface area (Å²) >= 11 is 1.76. The Morgan fingerprint density at radius 1 is 0.973 bits per heavy atom. The van der Waals surface area contributed by atoms with Gasteiger partial charge >= 0.3 is 0 Å². The minimum Gasteiger partial charge on any atom is -0.462 e. The summed E-state index contributed by atoms with van der Waals surface area (Å²) in [7, 11) is 0. The minimum atomic E-state index is 0.0515. The van der Waals surface area contributed by atoms with E-state index < -0.39 is 0 Å². The number of benzene rings is 2. The number of nitrogens with zero attached hydrogens (tertiary/aromatic N) is 3. The van der Waals surface area contributed by atoms with Crippen LogP contribution in [0.3, 0.4) is 0 Å². The van der Waals surface area contributed by atoms with Gasteiger partial charge in [0.25, 0.3) is 5.70 Å². The van der Waals surface area contributed by atoms with Crippen molar-refractivity contribution in [3.63, 3.8) is 0 Å². The monoisotopic (exact) mass is 503 g/mol. The first kappa shape index (κ1) is 24.3. The number of ether oxygens (including phenoxy) is 2. The van der Waals surface area contributed by atoms with Gasteiger partial charge in [0.15, 0.2) is 0 Å². The van der Waals surface area contributed by atoms with Crippen molar-refractivity contribution in [1.29, 1.82) is 5.26 Å². The molecule has 2 aliphatic rings. The standard InChI is InChI=1S/C31H25N3O2S/c1-22-19-25(27(21-32)33-2)20-26(36-22)13-14-28-29(23-9-5-3-6-10-23)30(24-11-7-4-8-12-24)31(37-28)34-15-17-35-18-16-34/h3-14,19-20H,15-18H2,1H3/b14-13+,27-25-. The van der Waals surface area contributed by atoms with Crippen molar-refractivity contribution in [3.05, 3.63) is 118 Å².